The lowest BCUT2D eigenvalue weighted by Gasteiger charge is -2.24. The second-order valence-corrected chi connectivity index (χ2v) is 6.51. The molecule has 0 aromatic heterocycles. The molecular weight excluding hydrogens is 336 g/mol. The Morgan fingerprint density at radius 3 is 2.54 bits per heavy atom. The number of aliphatic hydroxyl groups excluding tert-OH is 1. The summed E-state index contributed by atoms with van der Waals surface area (Å²) < 4.78 is 10.8. The predicted molar refractivity (Wildman–Crippen MR) is 96.0 cm³/mol. The molecular formula is C20H26O6. The van der Waals surface area contributed by atoms with Crippen LogP contribution in [0.25, 0.3) is 0 Å². The molecule has 1 aliphatic rings. The van der Waals surface area contributed by atoms with Crippen LogP contribution in [0, 0.1) is 18.8 Å². The molecule has 0 aliphatic heterocycles. The Morgan fingerprint density at radius 2 is 1.88 bits per heavy atom. The molecule has 26 heavy (non-hydrogen) atoms. The van der Waals surface area contributed by atoms with Crippen molar-refractivity contribution in [2.75, 3.05) is 13.2 Å². The van der Waals surface area contributed by atoms with Crippen LogP contribution in [0.2, 0.25) is 0 Å². The van der Waals surface area contributed by atoms with Gasteiger partial charge in [0.1, 0.15) is 25.1 Å². The maximum Gasteiger partial charge on any atom is 0.310 e. The molecule has 0 saturated carbocycles. The average molecular weight is 362 g/mol. The molecule has 0 saturated heterocycles. The van der Waals surface area contributed by atoms with Gasteiger partial charge in [0.15, 0.2) is 0 Å². The van der Waals surface area contributed by atoms with Gasteiger partial charge in [-0.2, -0.15) is 0 Å². The molecule has 0 spiro atoms. The van der Waals surface area contributed by atoms with Crippen LogP contribution in [-0.4, -0.2) is 41.5 Å². The first-order valence-electron chi connectivity index (χ1n) is 8.87. The number of carbonyl (C=O) groups excluding carboxylic acids is 1. The van der Waals surface area contributed by atoms with E-state index in [1.807, 2.05) is 32.0 Å². The van der Waals surface area contributed by atoms with E-state index in [1.165, 1.54) is 0 Å². The fourth-order valence-corrected chi connectivity index (χ4v) is 3.06. The zero-order chi connectivity index (χ0) is 19.1. The summed E-state index contributed by atoms with van der Waals surface area (Å²) in [6.45, 7) is 3.73. The van der Waals surface area contributed by atoms with E-state index < -0.39 is 29.9 Å². The molecule has 0 fully saturated rings. The van der Waals surface area contributed by atoms with E-state index >= 15 is 0 Å². The summed E-state index contributed by atoms with van der Waals surface area (Å²) in [7, 11) is 0. The van der Waals surface area contributed by atoms with Crippen LogP contribution in [-0.2, 0) is 20.7 Å². The van der Waals surface area contributed by atoms with Gasteiger partial charge in [-0.1, -0.05) is 37.3 Å². The van der Waals surface area contributed by atoms with Crippen LogP contribution in [0.1, 0.15) is 30.9 Å². The number of esters is 1. The van der Waals surface area contributed by atoms with Gasteiger partial charge in [-0.05, 0) is 37.3 Å². The number of aryl methyl sites for hydroxylation is 2. The van der Waals surface area contributed by atoms with Crippen LogP contribution in [0.3, 0.4) is 0 Å². The number of hydrogen-bond acceptors (Lipinski definition) is 5. The average Bonchev–Trinajstić information content (AvgIpc) is 2.64. The molecule has 1 aromatic carbocycles. The van der Waals surface area contributed by atoms with Crippen molar-refractivity contribution in [3.8, 4) is 5.75 Å². The predicted octanol–water partition coefficient (Wildman–Crippen LogP) is 2.51. The number of para-hydroxylation sites is 1. The Bertz CT molecular complexity index is 666. The highest BCUT2D eigenvalue weighted by atomic mass is 16.5. The molecule has 0 radical (unpaired) electrons. The molecule has 0 heterocycles. The van der Waals surface area contributed by atoms with E-state index in [2.05, 4.69) is 0 Å². The number of carboxylic acid groups (broad SMARTS) is 1. The SMILES string of the molecule is CCc1cccc(C)c1OCC(O)COC(=O)C1CC=CCC1C(=O)O. The molecule has 6 nitrogen and oxygen atoms in total. The maximum absolute atomic E-state index is 12.2. The van der Waals surface area contributed by atoms with E-state index in [0.29, 0.717) is 12.8 Å². The topological polar surface area (TPSA) is 93.1 Å². The third kappa shape index (κ3) is 5.08. The monoisotopic (exact) mass is 362 g/mol. The second-order valence-electron chi connectivity index (χ2n) is 6.51. The minimum Gasteiger partial charge on any atom is -0.490 e. The first kappa shape index (κ1) is 20.0. The zero-order valence-corrected chi connectivity index (χ0v) is 15.2. The Labute approximate surface area is 153 Å². The molecule has 142 valence electrons. The van der Waals surface area contributed by atoms with Crippen LogP contribution in [0.15, 0.2) is 30.4 Å². The van der Waals surface area contributed by atoms with Crippen LogP contribution in [0.5, 0.6) is 5.75 Å². The number of aliphatic carboxylic acids is 1. The van der Waals surface area contributed by atoms with Crippen molar-refractivity contribution in [3.05, 3.63) is 41.5 Å². The van der Waals surface area contributed by atoms with E-state index in [0.717, 1.165) is 23.3 Å². The first-order valence-corrected chi connectivity index (χ1v) is 8.87. The van der Waals surface area contributed by atoms with E-state index in [-0.39, 0.29) is 13.2 Å². The van der Waals surface area contributed by atoms with E-state index in [4.69, 9.17) is 9.47 Å². The Hall–Kier alpha value is -2.34. The molecule has 3 unspecified atom stereocenters. The molecule has 0 bridgehead atoms. The lowest BCUT2D eigenvalue weighted by atomic mass is 9.83. The molecule has 3 atom stereocenters. The van der Waals surface area contributed by atoms with Crippen molar-refractivity contribution in [2.24, 2.45) is 11.8 Å². The largest absolute Gasteiger partial charge is 0.490 e. The summed E-state index contributed by atoms with van der Waals surface area (Å²) >= 11 is 0. The highest BCUT2D eigenvalue weighted by Crippen LogP contribution is 2.27. The quantitative estimate of drug-likeness (QED) is 0.545. The summed E-state index contributed by atoms with van der Waals surface area (Å²) in [5, 5.41) is 19.3. The second kappa shape index (κ2) is 9.38. The van der Waals surface area contributed by atoms with Gasteiger partial charge < -0.3 is 19.7 Å². The highest BCUT2D eigenvalue weighted by Gasteiger charge is 2.35. The van der Waals surface area contributed by atoms with Crippen LogP contribution < -0.4 is 4.74 Å². The fraction of sp³-hybridized carbons (Fsp3) is 0.500. The summed E-state index contributed by atoms with van der Waals surface area (Å²) in [6.07, 6.45) is 4.03. The molecule has 2 rings (SSSR count). The van der Waals surface area contributed by atoms with Gasteiger partial charge >= 0.3 is 11.9 Å². The van der Waals surface area contributed by atoms with Crippen molar-refractivity contribution in [1.29, 1.82) is 0 Å². The van der Waals surface area contributed by atoms with Crippen molar-refractivity contribution in [1.82, 2.24) is 0 Å². The third-order valence-corrected chi connectivity index (χ3v) is 4.56. The van der Waals surface area contributed by atoms with Gasteiger partial charge in [0.05, 0.1) is 11.8 Å². The summed E-state index contributed by atoms with van der Waals surface area (Å²) in [5.74, 6) is -2.35. The van der Waals surface area contributed by atoms with Gasteiger partial charge in [-0.15, -0.1) is 0 Å². The number of carbonyl (C=O) groups is 2. The number of ether oxygens (including phenoxy) is 2. The van der Waals surface area contributed by atoms with Gasteiger partial charge in [0.25, 0.3) is 0 Å². The number of rotatable bonds is 8. The Kier molecular flexibility index (Phi) is 7.21. The lowest BCUT2D eigenvalue weighted by molar-refractivity contribution is -0.160. The summed E-state index contributed by atoms with van der Waals surface area (Å²) in [6, 6.07) is 5.86. The minimum atomic E-state index is -1.01. The molecule has 1 aliphatic carbocycles. The Balaban J connectivity index is 1.85. The van der Waals surface area contributed by atoms with Gasteiger partial charge in [-0.3, -0.25) is 9.59 Å². The van der Waals surface area contributed by atoms with Crippen LogP contribution in [0.4, 0.5) is 0 Å². The molecule has 6 heteroatoms. The summed E-state index contributed by atoms with van der Waals surface area (Å²) in [4.78, 5) is 23.4. The standard InChI is InChI=1S/C20H26O6/c1-3-14-8-6-7-13(2)18(14)25-11-15(21)12-26-20(24)17-10-5-4-9-16(17)19(22)23/h4-8,15-17,21H,3,9-12H2,1-2H3,(H,22,23). The highest BCUT2D eigenvalue weighted by molar-refractivity contribution is 5.81. The fourth-order valence-electron chi connectivity index (χ4n) is 3.06. The van der Waals surface area contributed by atoms with Gasteiger partial charge in [-0.25, -0.2) is 0 Å². The number of carboxylic acids is 1. The Morgan fingerprint density at radius 1 is 1.19 bits per heavy atom. The minimum absolute atomic E-state index is 0.00192. The smallest absolute Gasteiger partial charge is 0.310 e. The van der Waals surface area contributed by atoms with Crippen molar-refractivity contribution in [2.45, 2.75) is 39.2 Å². The number of hydrogen-bond donors (Lipinski definition) is 2. The third-order valence-electron chi connectivity index (χ3n) is 4.56. The number of aliphatic hydroxyl groups is 1. The number of allylic oxidation sites excluding steroid dienone is 2. The van der Waals surface area contributed by atoms with E-state index in [9.17, 15) is 19.8 Å². The first-order chi connectivity index (χ1) is 12.4. The molecule has 1 aromatic rings. The molecule has 0 amide bonds. The lowest BCUT2D eigenvalue weighted by Crippen LogP contribution is -2.34. The van der Waals surface area contributed by atoms with Crippen molar-refractivity contribution >= 4 is 11.9 Å². The van der Waals surface area contributed by atoms with Crippen LogP contribution >= 0.6 is 0 Å². The van der Waals surface area contributed by atoms with Crippen molar-refractivity contribution < 1.29 is 29.3 Å². The maximum atomic E-state index is 12.2. The molecule has 2 N–H and O–H groups in total. The normalized spacial score (nSPS) is 20.4. The van der Waals surface area contributed by atoms with Crippen molar-refractivity contribution in [3.63, 3.8) is 0 Å². The summed E-state index contributed by atoms with van der Waals surface area (Å²) in [5.41, 5.74) is 2.03. The van der Waals surface area contributed by atoms with E-state index in [1.54, 1.807) is 12.2 Å². The van der Waals surface area contributed by atoms with Gasteiger partial charge in [0, 0.05) is 0 Å². The van der Waals surface area contributed by atoms with Gasteiger partial charge in [0.2, 0.25) is 0 Å². The zero-order valence-electron chi connectivity index (χ0n) is 15.2. The number of benzene rings is 1.